The Morgan fingerprint density at radius 3 is 2.36 bits per heavy atom. The van der Waals surface area contributed by atoms with Crippen LogP contribution in [0.4, 0.5) is 5.69 Å². The Bertz CT molecular complexity index is 680. The number of hydrogen-bond acceptors (Lipinski definition) is 4. The lowest BCUT2D eigenvalue weighted by Gasteiger charge is -2.37. The van der Waals surface area contributed by atoms with Crippen molar-refractivity contribution in [1.29, 1.82) is 0 Å². The predicted octanol–water partition coefficient (Wildman–Crippen LogP) is 2.85. The number of rotatable bonds is 2. The van der Waals surface area contributed by atoms with Gasteiger partial charge in [-0.1, -0.05) is 44.1 Å². The van der Waals surface area contributed by atoms with Crippen LogP contribution in [0.5, 0.6) is 0 Å². The van der Waals surface area contributed by atoms with E-state index in [1.165, 1.54) is 0 Å². The first-order valence-electron chi connectivity index (χ1n) is 7.45. The molecule has 2 atom stereocenters. The molecule has 2 N–H and O–H groups in total. The van der Waals surface area contributed by atoms with Gasteiger partial charge in [-0.15, -0.1) is 0 Å². The molecule has 1 aromatic carbocycles. The van der Waals surface area contributed by atoms with E-state index in [9.17, 15) is 14.8 Å². The van der Waals surface area contributed by atoms with Crippen LogP contribution in [0.15, 0.2) is 35.5 Å². The lowest BCUT2D eigenvalue weighted by Crippen LogP contribution is -2.47. The summed E-state index contributed by atoms with van der Waals surface area (Å²) in [4.78, 5) is 25.8. The summed E-state index contributed by atoms with van der Waals surface area (Å²) in [5.41, 5.74) is -1.55. The van der Waals surface area contributed by atoms with E-state index in [1.54, 1.807) is 12.1 Å². The van der Waals surface area contributed by atoms with Crippen molar-refractivity contribution in [3.8, 4) is 0 Å². The van der Waals surface area contributed by atoms with Gasteiger partial charge < -0.3 is 10.5 Å². The summed E-state index contributed by atoms with van der Waals surface area (Å²) in [5.74, 6) is -0.654. The zero-order chi connectivity index (χ0) is 16.2. The Balaban J connectivity index is 2.05. The van der Waals surface area contributed by atoms with Gasteiger partial charge in [-0.25, -0.2) is 0 Å². The van der Waals surface area contributed by atoms with Crippen LogP contribution >= 0.6 is 0 Å². The number of anilines is 1. The standard InChI is InChI=1S/C17H20N2O3/c1-15(2)16(3)9-10-17(15,13(20)12(16)19-22)14(21)18-11-7-5-4-6-8-11/h4-8,22H,9-10H2,1-3H3,(H,18,21). The molecule has 0 aliphatic heterocycles. The summed E-state index contributed by atoms with van der Waals surface area (Å²) in [6, 6.07) is 9.09. The van der Waals surface area contributed by atoms with Gasteiger partial charge in [0.25, 0.3) is 0 Å². The molecule has 2 saturated carbocycles. The molecule has 22 heavy (non-hydrogen) atoms. The van der Waals surface area contributed by atoms with Crippen LogP contribution in [0.25, 0.3) is 0 Å². The van der Waals surface area contributed by atoms with Gasteiger partial charge in [0, 0.05) is 11.1 Å². The number of fused-ring (bicyclic) bond motifs is 2. The molecule has 2 unspecified atom stereocenters. The third-order valence-corrected chi connectivity index (χ3v) is 6.09. The molecular formula is C17H20N2O3. The van der Waals surface area contributed by atoms with Crippen LogP contribution in [-0.2, 0) is 9.59 Å². The number of para-hydroxylation sites is 1. The van der Waals surface area contributed by atoms with E-state index in [0.29, 0.717) is 18.5 Å². The molecule has 1 aromatic rings. The third-order valence-electron chi connectivity index (χ3n) is 6.09. The van der Waals surface area contributed by atoms with Crippen molar-refractivity contribution >= 4 is 23.1 Å². The van der Waals surface area contributed by atoms with Gasteiger partial charge in [0.2, 0.25) is 5.91 Å². The third kappa shape index (κ3) is 1.46. The van der Waals surface area contributed by atoms with Gasteiger partial charge in [-0.3, -0.25) is 9.59 Å². The van der Waals surface area contributed by atoms with Crippen LogP contribution in [0.2, 0.25) is 0 Å². The number of benzene rings is 1. The van der Waals surface area contributed by atoms with Gasteiger partial charge in [0.1, 0.15) is 11.1 Å². The SMILES string of the molecule is CC12CCC(C(=O)Nc3ccccc3)(C(=O)C1=NO)C2(C)C. The average Bonchev–Trinajstić information content (AvgIpc) is 2.76. The highest BCUT2D eigenvalue weighted by Crippen LogP contribution is 2.69. The van der Waals surface area contributed by atoms with Crippen molar-refractivity contribution < 1.29 is 14.8 Å². The molecule has 5 nitrogen and oxygen atoms in total. The van der Waals surface area contributed by atoms with E-state index in [1.807, 2.05) is 39.0 Å². The lowest BCUT2D eigenvalue weighted by molar-refractivity contribution is -0.140. The number of Topliss-reactive ketones (excluding diaryl/α,β-unsaturated/α-hetero) is 1. The normalized spacial score (nSPS) is 34.1. The number of hydrogen-bond donors (Lipinski definition) is 2. The molecule has 5 heteroatoms. The fraction of sp³-hybridized carbons (Fsp3) is 0.471. The zero-order valence-electron chi connectivity index (χ0n) is 13.0. The smallest absolute Gasteiger partial charge is 0.239 e. The Labute approximate surface area is 129 Å². The Morgan fingerprint density at radius 2 is 1.82 bits per heavy atom. The maximum Gasteiger partial charge on any atom is 0.239 e. The number of carbonyl (C=O) groups excluding carboxylic acids is 2. The van der Waals surface area contributed by atoms with Crippen molar-refractivity contribution in [3.05, 3.63) is 30.3 Å². The summed E-state index contributed by atoms with van der Waals surface area (Å²) in [5, 5.41) is 15.4. The fourth-order valence-electron chi connectivity index (χ4n) is 4.21. The van der Waals surface area contributed by atoms with E-state index in [4.69, 9.17) is 0 Å². The number of carbonyl (C=O) groups is 2. The molecule has 3 rings (SSSR count). The topological polar surface area (TPSA) is 78.8 Å². The Kier molecular flexibility index (Phi) is 2.96. The predicted molar refractivity (Wildman–Crippen MR) is 82.9 cm³/mol. The second-order valence-electron chi connectivity index (χ2n) is 6.96. The van der Waals surface area contributed by atoms with Crippen LogP contribution in [0, 0.1) is 16.2 Å². The number of nitrogens with zero attached hydrogens (tertiary/aromatic N) is 1. The highest BCUT2D eigenvalue weighted by Gasteiger charge is 2.76. The highest BCUT2D eigenvalue weighted by molar-refractivity contribution is 6.51. The molecule has 0 radical (unpaired) electrons. The van der Waals surface area contributed by atoms with Crippen molar-refractivity contribution in [2.45, 2.75) is 33.6 Å². The van der Waals surface area contributed by atoms with Gasteiger partial charge in [0.05, 0.1) is 0 Å². The van der Waals surface area contributed by atoms with Gasteiger partial charge in [-0.05, 0) is 30.4 Å². The first-order valence-corrected chi connectivity index (χ1v) is 7.45. The molecule has 0 heterocycles. The summed E-state index contributed by atoms with van der Waals surface area (Å²) < 4.78 is 0. The van der Waals surface area contributed by atoms with Gasteiger partial charge >= 0.3 is 0 Å². The quantitative estimate of drug-likeness (QED) is 0.501. The highest BCUT2D eigenvalue weighted by atomic mass is 16.4. The van der Waals surface area contributed by atoms with Crippen molar-refractivity contribution in [1.82, 2.24) is 0 Å². The van der Waals surface area contributed by atoms with E-state index in [2.05, 4.69) is 10.5 Å². The second kappa shape index (κ2) is 4.41. The summed E-state index contributed by atoms with van der Waals surface area (Å²) in [6.07, 6.45) is 1.14. The van der Waals surface area contributed by atoms with Crippen LogP contribution < -0.4 is 5.32 Å². The average molecular weight is 300 g/mol. The van der Waals surface area contributed by atoms with Crippen LogP contribution in [-0.4, -0.2) is 22.6 Å². The number of ketones is 1. The van der Waals surface area contributed by atoms with Gasteiger partial charge in [0.15, 0.2) is 5.78 Å². The molecule has 0 aromatic heterocycles. The number of amides is 1. The van der Waals surface area contributed by atoms with Gasteiger partial charge in [-0.2, -0.15) is 0 Å². The molecule has 1 amide bonds. The molecule has 2 aliphatic rings. The molecule has 2 bridgehead atoms. The minimum atomic E-state index is -1.17. The Morgan fingerprint density at radius 1 is 1.18 bits per heavy atom. The molecule has 0 saturated heterocycles. The van der Waals surface area contributed by atoms with Crippen molar-refractivity contribution in [2.24, 2.45) is 21.4 Å². The summed E-state index contributed by atoms with van der Waals surface area (Å²) >= 11 is 0. The van der Waals surface area contributed by atoms with E-state index in [-0.39, 0.29) is 17.4 Å². The minimum absolute atomic E-state index is 0.131. The first kappa shape index (κ1) is 14.8. The maximum atomic E-state index is 13.0. The number of nitrogens with one attached hydrogen (secondary N) is 1. The summed E-state index contributed by atoms with van der Waals surface area (Å²) in [7, 11) is 0. The Hall–Kier alpha value is -2.17. The van der Waals surface area contributed by atoms with E-state index >= 15 is 0 Å². The number of oxime groups is 1. The first-order chi connectivity index (χ1) is 10.3. The largest absolute Gasteiger partial charge is 0.411 e. The van der Waals surface area contributed by atoms with Crippen molar-refractivity contribution in [2.75, 3.05) is 5.32 Å². The molecule has 2 fully saturated rings. The summed E-state index contributed by atoms with van der Waals surface area (Å²) in [6.45, 7) is 5.74. The van der Waals surface area contributed by atoms with E-state index in [0.717, 1.165) is 0 Å². The zero-order valence-corrected chi connectivity index (χ0v) is 13.0. The van der Waals surface area contributed by atoms with Crippen LogP contribution in [0.3, 0.4) is 0 Å². The molecule has 116 valence electrons. The fourth-order valence-corrected chi connectivity index (χ4v) is 4.21. The van der Waals surface area contributed by atoms with Crippen LogP contribution in [0.1, 0.15) is 33.6 Å². The van der Waals surface area contributed by atoms with E-state index < -0.39 is 16.2 Å². The lowest BCUT2D eigenvalue weighted by atomic mass is 9.64. The second-order valence-corrected chi connectivity index (χ2v) is 6.96. The monoisotopic (exact) mass is 300 g/mol. The maximum absolute atomic E-state index is 13.0. The minimum Gasteiger partial charge on any atom is -0.411 e. The molecule has 0 spiro atoms. The van der Waals surface area contributed by atoms with Crippen molar-refractivity contribution in [3.63, 3.8) is 0 Å². The molecule has 2 aliphatic carbocycles. The molecular weight excluding hydrogens is 280 g/mol.